The lowest BCUT2D eigenvalue weighted by Crippen LogP contribution is -2.25. The summed E-state index contributed by atoms with van der Waals surface area (Å²) in [6.45, 7) is 1.46. The van der Waals surface area contributed by atoms with Crippen molar-refractivity contribution >= 4 is 5.91 Å². The molecule has 1 aromatic carbocycles. The van der Waals surface area contributed by atoms with Gasteiger partial charge in [0.15, 0.2) is 0 Å². The van der Waals surface area contributed by atoms with Crippen LogP contribution in [-0.4, -0.2) is 29.1 Å². The van der Waals surface area contributed by atoms with Crippen molar-refractivity contribution in [2.24, 2.45) is 0 Å². The molecule has 2 aromatic rings. The van der Waals surface area contributed by atoms with Crippen molar-refractivity contribution < 1.29 is 9.53 Å². The predicted molar refractivity (Wildman–Crippen MR) is 72.2 cm³/mol. The van der Waals surface area contributed by atoms with E-state index < -0.39 is 0 Å². The normalized spacial score (nSPS) is 10.2. The number of carbonyl (C=O) groups excluding carboxylic acids is 1. The van der Waals surface area contributed by atoms with E-state index in [0.29, 0.717) is 17.9 Å². The summed E-state index contributed by atoms with van der Waals surface area (Å²) >= 11 is 0. The molecule has 0 spiro atoms. The molecule has 2 rings (SSSR count). The van der Waals surface area contributed by atoms with E-state index in [9.17, 15) is 4.79 Å². The first-order valence-electron chi connectivity index (χ1n) is 6.18. The highest BCUT2D eigenvalue weighted by Gasteiger charge is 2.10. The molecule has 0 aliphatic heterocycles. The molecule has 0 aliphatic rings. The van der Waals surface area contributed by atoms with Crippen molar-refractivity contribution in [1.82, 2.24) is 14.9 Å². The Kier molecular flexibility index (Phi) is 4.55. The number of nitrogens with zero attached hydrogens (tertiary/aromatic N) is 2. The van der Waals surface area contributed by atoms with Crippen LogP contribution >= 0.6 is 0 Å². The minimum atomic E-state index is -0.108. The number of nitrogens with one attached hydrogen (secondary N) is 1. The van der Waals surface area contributed by atoms with Gasteiger partial charge in [-0.1, -0.05) is 12.1 Å². The third kappa shape index (κ3) is 3.58. The number of imidazole rings is 1. The van der Waals surface area contributed by atoms with Gasteiger partial charge in [0.05, 0.1) is 19.0 Å². The predicted octanol–water partition coefficient (Wildman–Crippen LogP) is 1.71. The van der Waals surface area contributed by atoms with Crippen molar-refractivity contribution in [2.45, 2.75) is 13.0 Å². The van der Waals surface area contributed by atoms with Crippen molar-refractivity contribution in [2.75, 3.05) is 13.7 Å². The van der Waals surface area contributed by atoms with E-state index in [0.717, 1.165) is 13.0 Å². The van der Waals surface area contributed by atoms with Gasteiger partial charge in [-0.15, -0.1) is 0 Å². The van der Waals surface area contributed by atoms with Crippen LogP contribution in [0.2, 0.25) is 0 Å². The summed E-state index contributed by atoms with van der Waals surface area (Å²) in [4.78, 5) is 15.9. The van der Waals surface area contributed by atoms with Gasteiger partial charge in [-0.05, 0) is 18.6 Å². The second-order valence-electron chi connectivity index (χ2n) is 4.11. The van der Waals surface area contributed by atoms with Crippen LogP contribution in [0.1, 0.15) is 16.8 Å². The highest BCUT2D eigenvalue weighted by molar-refractivity contribution is 5.96. The maximum atomic E-state index is 12.0. The van der Waals surface area contributed by atoms with Gasteiger partial charge in [0, 0.05) is 25.5 Å². The lowest BCUT2D eigenvalue weighted by molar-refractivity contribution is 0.0949. The number of hydrogen-bond donors (Lipinski definition) is 1. The standard InChI is InChI=1S/C14H17N3O2/c1-19-13-6-3-2-5-12(13)14(18)16-7-4-9-17-10-8-15-11-17/h2-3,5-6,8,10-11H,4,7,9H2,1H3,(H,16,18). The van der Waals surface area contributed by atoms with Crippen LogP contribution in [0.15, 0.2) is 43.0 Å². The molecule has 1 N–H and O–H groups in total. The molecule has 0 unspecified atom stereocenters. The molecule has 1 aromatic heterocycles. The average molecular weight is 259 g/mol. The molecule has 5 heteroatoms. The van der Waals surface area contributed by atoms with E-state index in [1.165, 1.54) is 0 Å². The summed E-state index contributed by atoms with van der Waals surface area (Å²) < 4.78 is 7.14. The zero-order valence-corrected chi connectivity index (χ0v) is 10.9. The maximum Gasteiger partial charge on any atom is 0.255 e. The Hall–Kier alpha value is -2.30. The Labute approximate surface area is 112 Å². The van der Waals surface area contributed by atoms with Gasteiger partial charge in [-0.3, -0.25) is 4.79 Å². The van der Waals surface area contributed by atoms with Crippen molar-refractivity contribution in [3.8, 4) is 5.75 Å². The zero-order valence-electron chi connectivity index (χ0n) is 10.9. The Morgan fingerprint density at radius 3 is 3.00 bits per heavy atom. The molecule has 0 aliphatic carbocycles. The van der Waals surface area contributed by atoms with Gasteiger partial charge in [0.1, 0.15) is 5.75 Å². The van der Waals surface area contributed by atoms with Crippen molar-refractivity contribution in [3.05, 3.63) is 48.5 Å². The minimum Gasteiger partial charge on any atom is -0.496 e. The third-order valence-electron chi connectivity index (χ3n) is 2.79. The summed E-state index contributed by atoms with van der Waals surface area (Å²) in [5.74, 6) is 0.484. The van der Waals surface area contributed by atoms with E-state index in [1.54, 1.807) is 31.8 Å². The van der Waals surface area contributed by atoms with E-state index >= 15 is 0 Å². The van der Waals surface area contributed by atoms with Gasteiger partial charge in [-0.2, -0.15) is 0 Å². The first-order chi connectivity index (χ1) is 9.31. The summed E-state index contributed by atoms with van der Waals surface area (Å²) in [7, 11) is 1.56. The molecule has 0 bridgehead atoms. The lowest BCUT2D eigenvalue weighted by atomic mass is 10.2. The highest BCUT2D eigenvalue weighted by atomic mass is 16.5. The quantitative estimate of drug-likeness (QED) is 0.803. The van der Waals surface area contributed by atoms with Gasteiger partial charge in [0.2, 0.25) is 0 Å². The molecule has 0 fully saturated rings. The Morgan fingerprint density at radius 1 is 1.42 bits per heavy atom. The number of hydrogen-bond acceptors (Lipinski definition) is 3. The fourth-order valence-corrected chi connectivity index (χ4v) is 1.81. The Morgan fingerprint density at radius 2 is 2.26 bits per heavy atom. The molecule has 100 valence electrons. The van der Waals surface area contributed by atoms with Crippen LogP contribution in [0.25, 0.3) is 0 Å². The number of amides is 1. The van der Waals surface area contributed by atoms with Crippen molar-refractivity contribution in [3.63, 3.8) is 0 Å². The zero-order chi connectivity index (χ0) is 13.5. The number of benzene rings is 1. The molecule has 5 nitrogen and oxygen atoms in total. The number of para-hydroxylation sites is 1. The van der Waals surface area contributed by atoms with E-state index in [1.807, 2.05) is 22.9 Å². The molecule has 0 saturated carbocycles. The van der Waals surface area contributed by atoms with Gasteiger partial charge < -0.3 is 14.6 Å². The smallest absolute Gasteiger partial charge is 0.255 e. The number of carbonyl (C=O) groups is 1. The minimum absolute atomic E-state index is 0.108. The summed E-state index contributed by atoms with van der Waals surface area (Å²) in [5, 5.41) is 2.88. The fourth-order valence-electron chi connectivity index (χ4n) is 1.81. The van der Waals surface area contributed by atoms with Crippen LogP contribution in [0, 0.1) is 0 Å². The van der Waals surface area contributed by atoms with E-state index in [2.05, 4.69) is 10.3 Å². The monoisotopic (exact) mass is 259 g/mol. The largest absolute Gasteiger partial charge is 0.496 e. The van der Waals surface area contributed by atoms with Gasteiger partial charge in [-0.25, -0.2) is 4.98 Å². The van der Waals surface area contributed by atoms with E-state index in [-0.39, 0.29) is 5.91 Å². The number of aryl methyl sites for hydroxylation is 1. The summed E-state index contributed by atoms with van der Waals surface area (Å²) in [6.07, 6.45) is 6.27. The van der Waals surface area contributed by atoms with Crippen LogP contribution in [-0.2, 0) is 6.54 Å². The Bertz CT molecular complexity index is 523. The highest BCUT2D eigenvalue weighted by Crippen LogP contribution is 2.16. The Balaban J connectivity index is 1.81. The first kappa shape index (κ1) is 13.1. The molecular formula is C14H17N3O2. The third-order valence-corrected chi connectivity index (χ3v) is 2.79. The summed E-state index contributed by atoms with van der Waals surface area (Å²) in [5.41, 5.74) is 0.563. The van der Waals surface area contributed by atoms with Crippen LogP contribution in [0.4, 0.5) is 0 Å². The molecular weight excluding hydrogens is 242 g/mol. The SMILES string of the molecule is COc1ccccc1C(=O)NCCCn1ccnc1. The number of ether oxygens (including phenoxy) is 1. The fraction of sp³-hybridized carbons (Fsp3) is 0.286. The summed E-state index contributed by atoms with van der Waals surface area (Å²) in [6, 6.07) is 7.20. The van der Waals surface area contributed by atoms with Crippen molar-refractivity contribution in [1.29, 1.82) is 0 Å². The van der Waals surface area contributed by atoms with Crippen LogP contribution in [0.5, 0.6) is 5.75 Å². The van der Waals surface area contributed by atoms with Crippen LogP contribution in [0.3, 0.4) is 0 Å². The molecule has 0 atom stereocenters. The topological polar surface area (TPSA) is 56.1 Å². The first-order valence-corrected chi connectivity index (χ1v) is 6.18. The average Bonchev–Trinajstić information content (AvgIpc) is 2.96. The van der Waals surface area contributed by atoms with Crippen LogP contribution < -0.4 is 10.1 Å². The molecule has 0 radical (unpaired) electrons. The number of aromatic nitrogens is 2. The molecule has 19 heavy (non-hydrogen) atoms. The second kappa shape index (κ2) is 6.58. The lowest BCUT2D eigenvalue weighted by Gasteiger charge is -2.09. The van der Waals surface area contributed by atoms with Gasteiger partial charge >= 0.3 is 0 Å². The van der Waals surface area contributed by atoms with E-state index in [4.69, 9.17) is 4.74 Å². The number of rotatable bonds is 6. The molecule has 1 heterocycles. The molecule has 0 saturated heterocycles. The number of methoxy groups -OCH3 is 1. The van der Waals surface area contributed by atoms with Gasteiger partial charge in [0.25, 0.3) is 5.91 Å². The molecule has 1 amide bonds. The second-order valence-corrected chi connectivity index (χ2v) is 4.11. The maximum absolute atomic E-state index is 12.0.